The van der Waals surface area contributed by atoms with Gasteiger partial charge in [0.25, 0.3) is 0 Å². The van der Waals surface area contributed by atoms with Crippen LogP contribution in [0.2, 0.25) is 0 Å². The van der Waals surface area contributed by atoms with Crippen molar-refractivity contribution in [2.75, 3.05) is 12.3 Å². The van der Waals surface area contributed by atoms with E-state index in [1.807, 2.05) is 24.2 Å². The molecule has 110 valence electrons. The second-order valence-corrected chi connectivity index (χ2v) is 6.68. The number of fused-ring (bicyclic) bond motifs is 1. The fourth-order valence-corrected chi connectivity index (χ4v) is 4.33. The molecule has 2 nitrogen and oxygen atoms in total. The molecule has 2 atom stereocenters. The van der Waals surface area contributed by atoms with Gasteiger partial charge in [-0.2, -0.15) is 0 Å². The number of pyridine rings is 1. The molecule has 3 heteroatoms. The van der Waals surface area contributed by atoms with Crippen LogP contribution in [-0.4, -0.2) is 17.3 Å². The molecule has 0 fully saturated rings. The molecule has 1 N–H and O–H groups in total. The summed E-state index contributed by atoms with van der Waals surface area (Å²) in [6, 6.07) is 11.3. The third kappa shape index (κ3) is 2.99. The Bertz CT molecular complexity index is 612. The van der Waals surface area contributed by atoms with Crippen LogP contribution in [0.3, 0.4) is 0 Å². The van der Waals surface area contributed by atoms with Crippen LogP contribution < -0.4 is 5.32 Å². The smallest absolute Gasteiger partial charge is 0.0416 e. The lowest BCUT2D eigenvalue weighted by Crippen LogP contribution is -2.28. The number of aromatic nitrogens is 1. The van der Waals surface area contributed by atoms with E-state index in [0.717, 1.165) is 18.7 Å². The van der Waals surface area contributed by atoms with Crippen LogP contribution in [0.25, 0.3) is 0 Å². The molecule has 21 heavy (non-hydrogen) atoms. The van der Waals surface area contributed by atoms with Crippen molar-refractivity contribution >= 4 is 11.8 Å². The van der Waals surface area contributed by atoms with Crippen LogP contribution >= 0.6 is 11.8 Å². The third-order valence-electron chi connectivity index (χ3n) is 4.17. The quantitative estimate of drug-likeness (QED) is 0.890. The highest BCUT2D eigenvalue weighted by molar-refractivity contribution is 7.99. The van der Waals surface area contributed by atoms with Crippen LogP contribution in [0.15, 0.2) is 47.6 Å². The average Bonchev–Trinajstić information content (AvgIpc) is 2.93. The Morgan fingerprint density at radius 1 is 1.33 bits per heavy atom. The highest BCUT2D eigenvalue weighted by atomic mass is 32.2. The molecule has 2 unspecified atom stereocenters. The van der Waals surface area contributed by atoms with Gasteiger partial charge in [0, 0.05) is 35.0 Å². The van der Waals surface area contributed by atoms with Gasteiger partial charge in [-0.3, -0.25) is 4.98 Å². The number of hydrogen-bond donors (Lipinski definition) is 1. The zero-order valence-corrected chi connectivity index (χ0v) is 13.5. The topological polar surface area (TPSA) is 24.9 Å². The number of nitrogens with one attached hydrogen (secondary N) is 1. The Kier molecular flexibility index (Phi) is 4.61. The van der Waals surface area contributed by atoms with E-state index in [0.29, 0.717) is 12.0 Å². The third-order valence-corrected chi connectivity index (χ3v) is 5.38. The molecular formula is C18H22N2S. The number of hydrogen-bond acceptors (Lipinski definition) is 3. The summed E-state index contributed by atoms with van der Waals surface area (Å²) in [5.41, 5.74) is 4.15. The Hall–Kier alpha value is -1.32. The van der Waals surface area contributed by atoms with E-state index in [1.165, 1.54) is 21.6 Å². The van der Waals surface area contributed by atoms with E-state index >= 15 is 0 Å². The Balaban J connectivity index is 1.96. The summed E-state index contributed by atoms with van der Waals surface area (Å²) < 4.78 is 0. The minimum absolute atomic E-state index is 0.356. The van der Waals surface area contributed by atoms with Crippen LogP contribution in [-0.2, 0) is 0 Å². The van der Waals surface area contributed by atoms with Crippen molar-refractivity contribution in [2.45, 2.75) is 37.1 Å². The van der Waals surface area contributed by atoms with Crippen LogP contribution in [0, 0.1) is 6.92 Å². The van der Waals surface area contributed by atoms with Gasteiger partial charge >= 0.3 is 0 Å². The molecule has 2 aromatic rings. The number of aryl methyl sites for hydroxylation is 1. The van der Waals surface area contributed by atoms with Crippen molar-refractivity contribution in [2.24, 2.45) is 0 Å². The van der Waals surface area contributed by atoms with E-state index in [2.05, 4.69) is 54.5 Å². The van der Waals surface area contributed by atoms with Crippen molar-refractivity contribution in [1.82, 2.24) is 10.3 Å². The predicted octanol–water partition coefficient (Wildman–Crippen LogP) is 4.32. The van der Waals surface area contributed by atoms with Gasteiger partial charge in [-0.15, -0.1) is 11.8 Å². The fourth-order valence-electron chi connectivity index (χ4n) is 3.03. The van der Waals surface area contributed by atoms with Gasteiger partial charge in [0.15, 0.2) is 0 Å². The first kappa shape index (κ1) is 14.6. The molecular weight excluding hydrogens is 276 g/mol. The van der Waals surface area contributed by atoms with Crippen LogP contribution in [0.4, 0.5) is 0 Å². The molecule has 3 rings (SSSR count). The summed E-state index contributed by atoms with van der Waals surface area (Å²) in [6.45, 7) is 5.45. The summed E-state index contributed by atoms with van der Waals surface area (Å²) in [7, 11) is 0. The molecule has 1 aliphatic heterocycles. The number of thioether (sulfide) groups is 1. The molecule has 1 aliphatic rings. The second kappa shape index (κ2) is 6.63. The second-order valence-electron chi connectivity index (χ2n) is 5.62. The van der Waals surface area contributed by atoms with Gasteiger partial charge < -0.3 is 5.32 Å². The average molecular weight is 298 g/mol. The van der Waals surface area contributed by atoms with E-state index in [4.69, 9.17) is 0 Å². The molecule has 0 bridgehead atoms. The SMILES string of the molecule is CCCNC(c1cnccc1C)C1CSc2ccccc21. The maximum atomic E-state index is 4.36. The summed E-state index contributed by atoms with van der Waals surface area (Å²) in [5, 5.41) is 3.76. The Morgan fingerprint density at radius 3 is 3.00 bits per heavy atom. The highest BCUT2D eigenvalue weighted by Crippen LogP contribution is 2.45. The van der Waals surface area contributed by atoms with Gasteiger partial charge in [-0.05, 0) is 48.7 Å². The highest BCUT2D eigenvalue weighted by Gasteiger charge is 2.31. The molecule has 0 radical (unpaired) electrons. The van der Waals surface area contributed by atoms with E-state index < -0.39 is 0 Å². The van der Waals surface area contributed by atoms with Gasteiger partial charge in [-0.1, -0.05) is 25.1 Å². The fraction of sp³-hybridized carbons (Fsp3) is 0.389. The molecule has 2 heterocycles. The van der Waals surface area contributed by atoms with E-state index in [9.17, 15) is 0 Å². The molecule has 1 aromatic heterocycles. The number of nitrogens with zero attached hydrogens (tertiary/aromatic N) is 1. The minimum atomic E-state index is 0.356. The van der Waals surface area contributed by atoms with Gasteiger partial charge in [0.2, 0.25) is 0 Å². The zero-order chi connectivity index (χ0) is 14.7. The molecule has 0 saturated carbocycles. The molecule has 0 saturated heterocycles. The van der Waals surface area contributed by atoms with Gasteiger partial charge in [-0.25, -0.2) is 0 Å². The van der Waals surface area contributed by atoms with Gasteiger partial charge in [0.1, 0.15) is 0 Å². The Morgan fingerprint density at radius 2 is 2.19 bits per heavy atom. The number of benzene rings is 1. The normalized spacial score (nSPS) is 18.5. The molecule has 0 amide bonds. The monoisotopic (exact) mass is 298 g/mol. The van der Waals surface area contributed by atoms with E-state index in [1.54, 1.807) is 0 Å². The van der Waals surface area contributed by atoms with Gasteiger partial charge in [0.05, 0.1) is 0 Å². The summed E-state index contributed by atoms with van der Waals surface area (Å²) in [5.74, 6) is 1.68. The zero-order valence-electron chi connectivity index (χ0n) is 12.7. The first-order valence-electron chi connectivity index (χ1n) is 7.67. The van der Waals surface area contributed by atoms with Crippen LogP contribution in [0.5, 0.6) is 0 Å². The Labute approximate surface area is 131 Å². The first-order valence-corrected chi connectivity index (χ1v) is 8.65. The van der Waals surface area contributed by atoms with Crippen molar-refractivity contribution in [1.29, 1.82) is 0 Å². The first-order chi connectivity index (χ1) is 10.3. The maximum Gasteiger partial charge on any atom is 0.0416 e. The van der Waals surface area contributed by atoms with Crippen molar-refractivity contribution in [3.63, 3.8) is 0 Å². The van der Waals surface area contributed by atoms with Crippen molar-refractivity contribution in [3.8, 4) is 0 Å². The summed E-state index contributed by atoms with van der Waals surface area (Å²) >= 11 is 1.98. The van der Waals surface area contributed by atoms with Crippen molar-refractivity contribution in [3.05, 3.63) is 59.4 Å². The number of rotatable bonds is 5. The van der Waals surface area contributed by atoms with Crippen molar-refractivity contribution < 1.29 is 0 Å². The molecule has 0 aliphatic carbocycles. The lowest BCUT2D eigenvalue weighted by Gasteiger charge is -2.26. The molecule has 0 spiro atoms. The lowest BCUT2D eigenvalue weighted by atomic mass is 9.87. The summed E-state index contributed by atoms with van der Waals surface area (Å²) in [4.78, 5) is 5.79. The largest absolute Gasteiger partial charge is 0.309 e. The lowest BCUT2D eigenvalue weighted by molar-refractivity contribution is 0.468. The predicted molar refractivity (Wildman–Crippen MR) is 89.9 cm³/mol. The maximum absolute atomic E-state index is 4.36. The van der Waals surface area contributed by atoms with E-state index in [-0.39, 0.29) is 0 Å². The standard InChI is InChI=1S/C18H22N2S/c1-3-9-20-18(15-11-19-10-8-13(15)2)16-12-21-17-7-5-4-6-14(16)17/h4-8,10-11,16,18,20H,3,9,12H2,1-2H3. The van der Waals surface area contributed by atoms with Crippen LogP contribution in [0.1, 0.15) is 42.0 Å². The minimum Gasteiger partial charge on any atom is -0.309 e. The molecule has 1 aromatic carbocycles. The summed E-state index contributed by atoms with van der Waals surface area (Å²) in [6.07, 6.45) is 5.07.